The van der Waals surface area contributed by atoms with Gasteiger partial charge in [0.1, 0.15) is 5.75 Å². The van der Waals surface area contributed by atoms with Crippen LogP contribution in [0, 0.1) is 0 Å². The predicted molar refractivity (Wildman–Crippen MR) is 66.8 cm³/mol. The van der Waals surface area contributed by atoms with E-state index >= 15 is 0 Å². The van der Waals surface area contributed by atoms with Crippen LogP contribution in [0.1, 0.15) is 17.3 Å². The van der Waals surface area contributed by atoms with E-state index in [0.717, 1.165) is 12.1 Å². The van der Waals surface area contributed by atoms with E-state index in [9.17, 15) is 5.11 Å². The van der Waals surface area contributed by atoms with Crippen molar-refractivity contribution in [3.05, 3.63) is 48.0 Å². The second-order valence-electron chi connectivity index (χ2n) is 4.14. The summed E-state index contributed by atoms with van der Waals surface area (Å²) in [7, 11) is 3.93. The van der Waals surface area contributed by atoms with Gasteiger partial charge in [0.25, 0.3) is 0 Å². The molecular weight excluding hydrogens is 214 g/mol. The van der Waals surface area contributed by atoms with Gasteiger partial charge in [-0.25, -0.2) is 4.98 Å². The number of aromatic nitrogens is 2. The van der Waals surface area contributed by atoms with Crippen molar-refractivity contribution in [3.8, 4) is 5.75 Å². The van der Waals surface area contributed by atoms with Crippen LogP contribution >= 0.6 is 0 Å². The number of aromatic hydroxyl groups is 1. The molecule has 17 heavy (non-hydrogen) atoms. The van der Waals surface area contributed by atoms with Crippen molar-refractivity contribution in [1.82, 2.24) is 14.9 Å². The molecule has 1 heterocycles. The van der Waals surface area contributed by atoms with Gasteiger partial charge in [-0.05, 0) is 31.2 Å². The first kappa shape index (κ1) is 11.7. The summed E-state index contributed by atoms with van der Waals surface area (Å²) in [5.41, 5.74) is 2.34. The molecule has 0 aliphatic rings. The molecule has 0 radical (unpaired) electrons. The Labute approximate surface area is 101 Å². The lowest BCUT2D eigenvalue weighted by Gasteiger charge is -2.16. The molecule has 1 aromatic heterocycles. The van der Waals surface area contributed by atoms with E-state index in [1.165, 1.54) is 5.56 Å². The lowest BCUT2D eigenvalue weighted by molar-refractivity contribution is 0.474. The van der Waals surface area contributed by atoms with Crippen LogP contribution in [0.2, 0.25) is 0 Å². The SMILES string of the molecule is CNC(Cc1ccc(O)cc1)c1cncn1C. The first-order valence-corrected chi connectivity index (χ1v) is 5.62. The van der Waals surface area contributed by atoms with Crippen molar-refractivity contribution in [2.45, 2.75) is 12.5 Å². The summed E-state index contributed by atoms with van der Waals surface area (Å²) in [5, 5.41) is 12.5. The molecule has 0 fully saturated rings. The molecule has 0 aliphatic carbocycles. The second kappa shape index (κ2) is 5.01. The molecule has 1 aromatic carbocycles. The van der Waals surface area contributed by atoms with Crippen molar-refractivity contribution in [2.24, 2.45) is 7.05 Å². The molecule has 2 aromatic rings. The molecule has 90 valence electrons. The van der Waals surface area contributed by atoms with Crippen LogP contribution in [0.5, 0.6) is 5.75 Å². The van der Waals surface area contributed by atoms with Gasteiger partial charge in [0.2, 0.25) is 0 Å². The average Bonchev–Trinajstić information content (AvgIpc) is 2.75. The van der Waals surface area contributed by atoms with Crippen molar-refractivity contribution in [3.63, 3.8) is 0 Å². The van der Waals surface area contributed by atoms with E-state index in [2.05, 4.69) is 10.3 Å². The number of nitrogens with zero attached hydrogens (tertiary/aromatic N) is 2. The van der Waals surface area contributed by atoms with Gasteiger partial charge in [0, 0.05) is 13.2 Å². The van der Waals surface area contributed by atoms with Crippen LogP contribution in [0.25, 0.3) is 0 Å². The average molecular weight is 231 g/mol. The number of benzene rings is 1. The molecule has 1 unspecified atom stereocenters. The third-order valence-corrected chi connectivity index (χ3v) is 2.94. The van der Waals surface area contributed by atoms with E-state index < -0.39 is 0 Å². The highest BCUT2D eigenvalue weighted by atomic mass is 16.3. The number of likely N-dealkylation sites (N-methyl/N-ethyl adjacent to an activating group) is 1. The van der Waals surface area contributed by atoms with Gasteiger partial charge in [-0.1, -0.05) is 12.1 Å². The summed E-state index contributed by atoms with van der Waals surface area (Å²) < 4.78 is 2.02. The summed E-state index contributed by atoms with van der Waals surface area (Å²) in [4.78, 5) is 4.13. The number of phenolic OH excluding ortho intramolecular Hbond substituents is 1. The fourth-order valence-corrected chi connectivity index (χ4v) is 1.93. The van der Waals surface area contributed by atoms with Gasteiger partial charge in [-0.15, -0.1) is 0 Å². The van der Waals surface area contributed by atoms with Crippen molar-refractivity contribution < 1.29 is 5.11 Å². The topological polar surface area (TPSA) is 50.1 Å². The first-order valence-electron chi connectivity index (χ1n) is 5.62. The molecule has 0 saturated heterocycles. The number of imidazole rings is 1. The predicted octanol–water partition coefficient (Wildman–Crippen LogP) is 1.63. The number of nitrogens with one attached hydrogen (secondary N) is 1. The number of rotatable bonds is 4. The monoisotopic (exact) mass is 231 g/mol. The Hall–Kier alpha value is -1.81. The molecule has 0 amide bonds. The Morgan fingerprint density at radius 1 is 1.35 bits per heavy atom. The fraction of sp³-hybridized carbons (Fsp3) is 0.308. The molecule has 4 heteroatoms. The Morgan fingerprint density at radius 3 is 2.59 bits per heavy atom. The molecule has 2 rings (SSSR count). The van der Waals surface area contributed by atoms with Crippen molar-refractivity contribution in [2.75, 3.05) is 7.05 Å². The molecule has 0 saturated carbocycles. The van der Waals surface area contributed by atoms with Crippen molar-refractivity contribution in [1.29, 1.82) is 0 Å². The minimum absolute atomic E-state index is 0.229. The normalized spacial score (nSPS) is 12.6. The Kier molecular flexibility index (Phi) is 3.44. The summed E-state index contributed by atoms with van der Waals surface area (Å²) in [6, 6.07) is 7.54. The maximum Gasteiger partial charge on any atom is 0.115 e. The van der Waals surface area contributed by atoms with Crippen molar-refractivity contribution >= 4 is 0 Å². The van der Waals surface area contributed by atoms with E-state index in [0.29, 0.717) is 5.75 Å². The largest absolute Gasteiger partial charge is 0.508 e. The van der Waals surface area contributed by atoms with Crippen LogP contribution < -0.4 is 5.32 Å². The number of hydrogen-bond donors (Lipinski definition) is 2. The lowest BCUT2D eigenvalue weighted by atomic mass is 10.0. The second-order valence-corrected chi connectivity index (χ2v) is 4.14. The number of hydrogen-bond acceptors (Lipinski definition) is 3. The van der Waals surface area contributed by atoms with Gasteiger partial charge < -0.3 is 15.0 Å². The minimum Gasteiger partial charge on any atom is -0.508 e. The van der Waals surface area contributed by atoms with Crippen LogP contribution in [-0.2, 0) is 13.5 Å². The molecule has 0 aliphatic heterocycles. The summed E-state index contributed by atoms with van der Waals surface area (Å²) in [6.45, 7) is 0. The summed E-state index contributed by atoms with van der Waals surface area (Å²) >= 11 is 0. The fourth-order valence-electron chi connectivity index (χ4n) is 1.93. The van der Waals surface area contributed by atoms with E-state index in [4.69, 9.17) is 0 Å². The molecule has 1 atom stereocenters. The van der Waals surface area contributed by atoms with E-state index in [1.54, 1.807) is 18.5 Å². The van der Waals surface area contributed by atoms with Gasteiger partial charge in [-0.3, -0.25) is 0 Å². The van der Waals surface area contributed by atoms with Crippen LogP contribution in [0.4, 0.5) is 0 Å². The smallest absolute Gasteiger partial charge is 0.115 e. The third kappa shape index (κ3) is 2.65. The van der Waals surface area contributed by atoms with Gasteiger partial charge in [0.15, 0.2) is 0 Å². The number of aryl methyl sites for hydroxylation is 1. The maximum absolute atomic E-state index is 9.25. The molecule has 0 spiro atoms. The molecule has 0 bridgehead atoms. The highest BCUT2D eigenvalue weighted by Crippen LogP contribution is 2.18. The highest BCUT2D eigenvalue weighted by molar-refractivity contribution is 5.27. The Morgan fingerprint density at radius 2 is 2.06 bits per heavy atom. The zero-order valence-electron chi connectivity index (χ0n) is 10.1. The molecule has 2 N–H and O–H groups in total. The standard InChI is InChI=1S/C13H17N3O/c1-14-12(13-8-15-9-16(13)2)7-10-3-5-11(17)6-4-10/h3-6,8-9,12,14,17H,7H2,1-2H3. The third-order valence-electron chi connectivity index (χ3n) is 2.94. The Balaban J connectivity index is 2.16. The summed E-state index contributed by atoms with van der Waals surface area (Å²) in [6.07, 6.45) is 4.55. The Bertz CT molecular complexity index is 476. The van der Waals surface area contributed by atoms with Gasteiger partial charge >= 0.3 is 0 Å². The molecule has 4 nitrogen and oxygen atoms in total. The van der Waals surface area contributed by atoms with Crippen LogP contribution in [0.15, 0.2) is 36.8 Å². The van der Waals surface area contributed by atoms with E-state index in [-0.39, 0.29) is 6.04 Å². The lowest BCUT2D eigenvalue weighted by Crippen LogP contribution is -2.21. The number of phenols is 1. The molecular formula is C13H17N3O. The van der Waals surface area contributed by atoms with E-state index in [1.807, 2.05) is 37.0 Å². The first-order chi connectivity index (χ1) is 8.20. The highest BCUT2D eigenvalue weighted by Gasteiger charge is 2.13. The van der Waals surface area contributed by atoms with Crippen LogP contribution in [0.3, 0.4) is 0 Å². The van der Waals surface area contributed by atoms with Gasteiger partial charge in [-0.2, -0.15) is 0 Å². The van der Waals surface area contributed by atoms with Crippen LogP contribution in [-0.4, -0.2) is 21.7 Å². The summed E-state index contributed by atoms with van der Waals surface area (Å²) in [5.74, 6) is 0.301. The quantitative estimate of drug-likeness (QED) is 0.841. The zero-order chi connectivity index (χ0) is 12.3. The van der Waals surface area contributed by atoms with Gasteiger partial charge in [0.05, 0.1) is 18.1 Å². The minimum atomic E-state index is 0.229. The zero-order valence-corrected chi connectivity index (χ0v) is 10.1. The maximum atomic E-state index is 9.25.